The summed E-state index contributed by atoms with van der Waals surface area (Å²) in [6.07, 6.45) is -6.62. The Labute approximate surface area is 92.7 Å². The summed E-state index contributed by atoms with van der Waals surface area (Å²) in [5.74, 6) is -19.9. The van der Waals surface area contributed by atoms with Crippen LogP contribution in [0.5, 0.6) is 0 Å². The van der Waals surface area contributed by atoms with Crippen LogP contribution in [0.25, 0.3) is 0 Å². The molecule has 0 aromatic rings. The molecule has 0 amide bonds. The van der Waals surface area contributed by atoms with Crippen molar-refractivity contribution in [2.45, 2.75) is 18.0 Å². The van der Waals surface area contributed by atoms with Gasteiger partial charge in [-0.15, -0.1) is 0 Å². The minimum Gasteiger partial charge on any atom is -0.280 e. The molecule has 1 nitrogen and oxygen atoms in total. The van der Waals surface area contributed by atoms with Gasteiger partial charge in [-0.05, 0) is 0 Å². The monoisotopic (exact) mass is 292 g/mol. The zero-order chi connectivity index (χ0) is 14.2. The molecule has 0 spiro atoms. The second-order valence-electron chi connectivity index (χ2n) is 2.58. The van der Waals surface area contributed by atoms with E-state index < -0.39 is 34.8 Å². The van der Waals surface area contributed by atoms with E-state index in [9.17, 15) is 44.3 Å². The predicted octanol–water partition coefficient (Wildman–Crippen LogP) is 3.43. The standard InChI is InChI=1S/C6HF9OS/c7-1(4(9,10)3(16)17)2(8)5(11,12)6(13,14)15/h(H,16,17). The fourth-order valence-corrected chi connectivity index (χ4v) is 0.592. The normalized spacial score (nSPS) is 15.6. The molecule has 0 aromatic carbocycles. The van der Waals surface area contributed by atoms with Crippen molar-refractivity contribution in [2.24, 2.45) is 0 Å². The van der Waals surface area contributed by atoms with E-state index in [2.05, 4.69) is 12.6 Å². The van der Waals surface area contributed by atoms with Gasteiger partial charge in [0, 0.05) is 0 Å². The van der Waals surface area contributed by atoms with E-state index in [-0.39, 0.29) is 0 Å². The molecule has 0 bridgehead atoms. The number of hydrogen-bond donors (Lipinski definition) is 1. The first kappa shape index (κ1) is 16.1. The van der Waals surface area contributed by atoms with Gasteiger partial charge in [0.25, 0.3) is 5.12 Å². The summed E-state index contributed by atoms with van der Waals surface area (Å²) >= 11 is 2.32. The average molecular weight is 292 g/mol. The molecule has 17 heavy (non-hydrogen) atoms. The Morgan fingerprint density at radius 2 is 1.18 bits per heavy atom. The van der Waals surface area contributed by atoms with E-state index in [1.807, 2.05) is 0 Å². The van der Waals surface area contributed by atoms with Crippen molar-refractivity contribution in [3.05, 3.63) is 11.7 Å². The van der Waals surface area contributed by atoms with Crippen molar-refractivity contribution < 1.29 is 44.3 Å². The Morgan fingerprint density at radius 1 is 0.824 bits per heavy atom. The summed E-state index contributed by atoms with van der Waals surface area (Å²) in [5, 5.41) is -2.72. The third-order valence-corrected chi connectivity index (χ3v) is 1.65. The van der Waals surface area contributed by atoms with Crippen molar-refractivity contribution in [3.63, 3.8) is 0 Å². The zero-order valence-electron chi connectivity index (χ0n) is 7.26. The molecule has 0 rings (SSSR count). The van der Waals surface area contributed by atoms with Crippen LogP contribution in [-0.2, 0) is 4.79 Å². The lowest BCUT2D eigenvalue weighted by Gasteiger charge is -2.19. The Balaban J connectivity index is 5.71. The van der Waals surface area contributed by atoms with Gasteiger partial charge in [-0.25, -0.2) is 8.78 Å². The summed E-state index contributed by atoms with van der Waals surface area (Å²) in [6.45, 7) is 0. The molecule has 0 N–H and O–H groups in total. The number of carbonyl (C=O) groups is 1. The van der Waals surface area contributed by atoms with E-state index in [1.54, 1.807) is 0 Å². The molecule has 0 fully saturated rings. The third kappa shape index (κ3) is 2.87. The van der Waals surface area contributed by atoms with Crippen molar-refractivity contribution in [2.75, 3.05) is 0 Å². The van der Waals surface area contributed by atoms with Gasteiger partial charge in [-0.3, -0.25) is 4.79 Å². The molecule has 0 aromatic heterocycles. The fraction of sp³-hybridized carbons (Fsp3) is 0.500. The van der Waals surface area contributed by atoms with Gasteiger partial charge < -0.3 is 0 Å². The molecule has 11 heteroatoms. The largest absolute Gasteiger partial charge is 0.460 e. The number of thiol groups is 1. The van der Waals surface area contributed by atoms with Gasteiger partial charge in [0.2, 0.25) is 11.7 Å². The van der Waals surface area contributed by atoms with Gasteiger partial charge in [0.15, 0.2) is 0 Å². The Hall–Kier alpha value is -0.870. The molecular weight excluding hydrogens is 291 g/mol. The first-order chi connectivity index (χ1) is 7.26. The molecule has 0 heterocycles. The van der Waals surface area contributed by atoms with Crippen molar-refractivity contribution in [1.82, 2.24) is 0 Å². The summed E-state index contributed by atoms with van der Waals surface area (Å²) in [6, 6.07) is 0. The fourth-order valence-electron chi connectivity index (χ4n) is 0.494. The van der Waals surface area contributed by atoms with Crippen LogP contribution in [0.2, 0.25) is 0 Å². The minimum atomic E-state index is -6.62. The number of rotatable bonds is 3. The molecule has 0 unspecified atom stereocenters. The van der Waals surface area contributed by atoms with Crippen LogP contribution in [0.4, 0.5) is 39.5 Å². The maximum absolute atomic E-state index is 12.4. The highest BCUT2D eigenvalue weighted by atomic mass is 32.1. The number of carbonyl (C=O) groups excluding carboxylic acids is 1. The quantitative estimate of drug-likeness (QED) is 0.623. The van der Waals surface area contributed by atoms with Crippen molar-refractivity contribution >= 4 is 17.7 Å². The van der Waals surface area contributed by atoms with Gasteiger partial charge in [-0.1, -0.05) is 12.6 Å². The van der Waals surface area contributed by atoms with Gasteiger partial charge >= 0.3 is 18.0 Å². The lowest BCUT2D eigenvalue weighted by Crippen LogP contribution is -2.39. The zero-order valence-corrected chi connectivity index (χ0v) is 8.15. The number of alkyl halides is 7. The van der Waals surface area contributed by atoms with E-state index in [1.165, 1.54) is 0 Å². The van der Waals surface area contributed by atoms with E-state index in [4.69, 9.17) is 0 Å². The van der Waals surface area contributed by atoms with Gasteiger partial charge in [0.05, 0.1) is 0 Å². The molecule has 0 saturated heterocycles. The Kier molecular flexibility index (Phi) is 4.20. The molecule has 0 aliphatic rings. The molecule has 0 atom stereocenters. The van der Waals surface area contributed by atoms with Crippen LogP contribution in [0, 0.1) is 0 Å². The lowest BCUT2D eigenvalue weighted by molar-refractivity contribution is -0.272. The molecule has 100 valence electrons. The van der Waals surface area contributed by atoms with Crippen LogP contribution in [0.3, 0.4) is 0 Å². The average Bonchev–Trinajstić information content (AvgIpc) is 2.13. The number of hydrogen-bond acceptors (Lipinski definition) is 1. The summed E-state index contributed by atoms with van der Waals surface area (Å²) in [5.41, 5.74) is 0. The number of allylic oxidation sites excluding steroid dienone is 2. The van der Waals surface area contributed by atoms with Crippen LogP contribution in [0.1, 0.15) is 0 Å². The molecule has 0 aliphatic heterocycles. The molecule has 0 aliphatic carbocycles. The van der Waals surface area contributed by atoms with Crippen LogP contribution in [-0.4, -0.2) is 23.1 Å². The van der Waals surface area contributed by atoms with Crippen LogP contribution in [0.15, 0.2) is 11.7 Å². The molecule has 0 radical (unpaired) electrons. The lowest BCUT2D eigenvalue weighted by atomic mass is 10.2. The van der Waals surface area contributed by atoms with Crippen LogP contribution >= 0.6 is 12.6 Å². The third-order valence-electron chi connectivity index (χ3n) is 1.37. The molecule has 0 saturated carbocycles. The second-order valence-corrected chi connectivity index (χ2v) is 2.99. The predicted molar refractivity (Wildman–Crippen MR) is 39.2 cm³/mol. The second kappa shape index (κ2) is 4.42. The summed E-state index contributed by atoms with van der Waals surface area (Å²) in [7, 11) is 0. The van der Waals surface area contributed by atoms with Gasteiger partial charge in [0.1, 0.15) is 0 Å². The summed E-state index contributed by atoms with van der Waals surface area (Å²) < 4.78 is 108. The number of halogens is 9. The summed E-state index contributed by atoms with van der Waals surface area (Å²) in [4.78, 5) is 9.94. The highest BCUT2D eigenvalue weighted by Crippen LogP contribution is 2.45. The van der Waals surface area contributed by atoms with Gasteiger partial charge in [-0.2, -0.15) is 30.7 Å². The Morgan fingerprint density at radius 3 is 1.41 bits per heavy atom. The van der Waals surface area contributed by atoms with E-state index in [0.29, 0.717) is 0 Å². The van der Waals surface area contributed by atoms with E-state index in [0.717, 1.165) is 0 Å². The maximum atomic E-state index is 12.4. The molecular formula is C6HF9OS. The van der Waals surface area contributed by atoms with Crippen LogP contribution < -0.4 is 0 Å². The minimum absolute atomic E-state index is 2.32. The first-order valence-electron chi connectivity index (χ1n) is 3.38. The highest BCUT2D eigenvalue weighted by Gasteiger charge is 2.64. The maximum Gasteiger partial charge on any atom is 0.460 e. The van der Waals surface area contributed by atoms with Crippen molar-refractivity contribution in [3.8, 4) is 0 Å². The Bertz CT molecular complexity index is 355. The van der Waals surface area contributed by atoms with E-state index >= 15 is 0 Å². The SMILES string of the molecule is O=C(S)C(F)(F)C(F)=C(F)C(F)(F)C(F)(F)F. The van der Waals surface area contributed by atoms with Crippen molar-refractivity contribution in [1.29, 1.82) is 0 Å². The first-order valence-corrected chi connectivity index (χ1v) is 3.83. The smallest absolute Gasteiger partial charge is 0.280 e. The highest BCUT2D eigenvalue weighted by molar-refractivity contribution is 7.96. The topological polar surface area (TPSA) is 17.1 Å².